The Labute approximate surface area is 110 Å². The van der Waals surface area contributed by atoms with Crippen LogP contribution >= 0.6 is 0 Å². The molecule has 0 aliphatic carbocycles. The molecule has 1 N–H and O–H groups in total. The molecule has 0 aromatic heterocycles. The van der Waals surface area contributed by atoms with Crippen LogP contribution < -0.4 is 4.72 Å². The zero-order valence-corrected chi connectivity index (χ0v) is 12.6. The molecule has 0 amide bonds. The monoisotopic (exact) mass is 298 g/mol. The molecule has 1 fully saturated rings. The van der Waals surface area contributed by atoms with Gasteiger partial charge in [0.05, 0.1) is 11.5 Å². The maximum Gasteiger partial charge on any atom is 0.213 e. The number of hydrogen-bond acceptors (Lipinski definition) is 4. The highest BCUT2D eigenvalue weighted by Gasteiger charge is 2.28. The van der Waals surface area contributed by atoms with Crippen LogP contribution in [-0.2, 0) is 20.0 Å². The van der Waals surface area contributed by atoms with Gasteiger partial charge in [0, 0.05) is 19.1 Å². The van der Waals surface area contributed by atoms with Crippen molar-refractivity contribution in [3.63, 3.8) is 0 Å². The van der Waals surface area contributed by atoms with Gasteiger partial charge >= 0.3 is 0 Å². The summed E-state index contributed by atoms with van der Waals surface area (Å²) in [6.07, 6.45) is 1.67. The van der Waals surface area contributed by atoms with Gasteiger partial charge in [-0.05, 0) is 26.2 Å². The molecular formula is C10H22N2O4S2. The molecule has 0 spiro atoms. The largest absolute Gasteiger partial charge is 0.213 e. The Balaban J connectivity index is 2.50. The smallest absolute Gasteiger partial charge is 0.212 e. The molecule has 18 heavy (non-hydrogen) atoms. The van der Waals surface area contributed by atoms with Crippen LogP contribution in [0.25, 0.3) is 0 Å². The Morgan fingerprint density at radius 1 is 1.11 bits per heavy atom. The van der Waals surface area contributed by atoms with Gasteiger partial charge in [0.1, 0.15) is 0 Å². The zero-order valence-electron chi connectivity index (χ0n) is 10.9. The fourth-order valence-electron chi connectivity index (χ4n) is 2.02. The van der Waals surface area contributed by atoms with Crippen LogP contribution in [0.1, 0.15) is 33.1 Å². The molecule has 0 saturated carbocycles. The summed E-state index contributed by atoms with van der Waals surface area (Å²) in [5, 5.41) is 0. The van der Waals surface area contributed by atoms with E-state index in [4.69, 9.17) is 0 Å². The number of piperidine rings is 1. The Bertz CT molecular complexity index is 450. The van der Waals surface area contributed by atoms with E-state index >= 15 is 0 Å². The van der Waals surface area contributed by atoms with Gasteiger partial charge in [-0.25, -0.2) is 25.9 Å². The van der Waals surface area contributed by atoms with Crippen molar-refractivity contribution in [3.05, 3.63) is 0 Å². The first-order valence-corrected chi connectivity index (χ1v) is 9.54. The lowest BCUT2D eigenvalue weighted by Gasteiger charge is -2.31. The molecule has 1 rings (SSSR count). The van der Waals surface area contributed by atoms with E-state index in [-0.39, 0.29) is 17.5 Å². The van der Waals surface area contributed by atoms with E-state index in [0.717, 1.165) is 0 Å². The number of rotatable bonds is 6. The van der Waals surface area contributed by atoms with Crippen molar-refractivity contribution < 1.29 is 16.8 Å². The molecule has 1 heterocycles. The first kappa shape index (κ1) is 15.9. The van der Waals surface area contributed by atoms with E-state index in [1.54, 1.807) is 6.92 Å². The van der Waals surface area contributed by atoms with Gasteiger partial charge in [-0.15, -0.1) is 0 Å². The standard InChI is InChI=1S/C10H22N2O4S2/c1-3-9-17(13,14)11-10-5-7-12(8-6-10)18(15,16)4-2/h10-11H,3-9H2,1-2H3. The van der Waals surface area contributed by atoms with Crippen LogP contribution in [0.5, 0.6) is 0 Å². The summed E-state index contributed by atoms with van der Waals surface area (Å²) in [4.78, 5) is 0. The molecule has 0 bridgehead atoms. The first-order chi connectivity index (χ1) is 8.30. The first-order valence-electron chi connectivity index (χ1n) is 6.28. The molecule has 0 aromatic rings. The maximum absolute atomic E-state index is 11.6. The summed E-state index contributed by atoms with van der Waals surface area (Å²) in [5.74, 6) is 0.222. The topological polar surface area (TPSA) is 83.6 Å². The lowest BCUT2D eigenvalue weighted by Crippen LogP contribution is -2.47. The van der Waals surface area contributed by atoms with E-state index in [2.05, 4.69) is 4.72 Å². The summed E-state index contributed by atoms with van der Waals surface area (Å²) in [6, 6.07) is -0.134. The predicted octanol–water partition coefficient (Wildman–Crippen LogP) is 0.130. The summed E-state index contributed by atoms with van der Waals surface area (Å²) in [5.41, 5.74) is 0. The fourth-order valence-corrected chi connectivity index (χ4v) is 4.55. The van der Waals surface area contributed by atoms with Gasteiger partial charge in [-0.3, -0.25) is 0 Å². The quantitative estimate of drug-likeness (QED) is 0.755. The second-order valence-corrected chi connectivity index (χ2v) is 8.64. The van der Waals surface area contributed by atoms with Crippen molar-refractivity contribution in [3.8, 4) is 0 Å². The van der Waals surface area contributed by atoms with Crippen LogP contribution in [-0.4, -0.2) is 51.8 Å². The number of nitrogens with one attached hydrogen (secondary N) is 1. The van der Waals surface area contributed by atoms with Crippen LogP contribution in [0.2, 0.25) is 0 Å². The van der Waals surface area contributed by atoms with Crippen molar-refractivity contribution >= 4 is 20.0 Å². The van der Waals surface area contributed by atoms with Crippen molar-refractivity contribution in [1.82, 2.24) is 9.03 Å². The number of sulfonamides is 2. The molecule has 6 nitrogen and oxygen atoms in total. The summed E-state index contributed by atoms with van der Waals surface area (Å²) in [6.45, 7) is 4.23. The third-order valence-corrected chi connectivity index (χ3v) is 6.55. The average Bonchev–Trinajstić information content (AvgIpc) is 2.29. The molecule has 0 aromatic carbocycles. The highest BCUT2D eigenvalue weighted by atomic mass is 32.2. The minimum atomic E-state index is -3.21. The van der Waals surface area contributed by atoms with Gasteiger partial charge in [-0.1, -0.05) is 6.92 Å². The minimum Gasteiger partial charge on any atom is -0.212 e. The molecule has 0 unspecified atom stereocenters. The fraction of sp³-hybridized carbons (Fsp3) is 1.00. The van der Waals surface area contributed by atoms with Gasteiger partial charge in [0.2, 0.25) is 20.0 Å². The van der Waals surface area contributed by atoms with Crippen LogP contribution in [0.15, 0.2) is 0 Å². The lowest BCUT2D eigenvalue weighted by atomic mass is 10.1. The molecule has 0 radical (unpaired) electrons. The van der Waals surface area contributed by atoms with Crippen LogP contribution in [0, 0.1) is 0 Å². The molecule has 108 valence electrons. The Morgan fingerprint density at radius 3 is 2.11 bits per heavy atom. The third kappa shape index (κ3) is 4.49. The molecule has 1 aliphatic rings. The summed E-state index contributed by atoms with van der Waals surface area (Å²) in [7, 11) is -6.35. The number of hydrogen-bond donors (Lipinski definition) is 1. The molecule has 8 heteroatoms. The zero-order chi connectivity index (χ0) is 13.8. The van der Waals surface area contributed by atoms with E-state index in [1.807, 2.05) is 6.92 Å². The third-order valence-electron chi connectivity index (χ3n) is 3.03. The predicted molar refractivity (Wildman–Crippen MR) is 71.3 cm³/mol. The molecule has 0 atom stereocenters. The Kier molecular flexibility index (Phi) is 5.57. The molecule has 1 aliphatic heterocycles. The van der Waals surface area contributed by atoms with E-state index in [0.29, 0.717) is 32.4 Å². The Morgan fingerprint density at radius 2 is 1.67 bits per heavy atom. The lowest BCUT2D eigenvalue weighted by molar-refractivity contribution is 0.309. The van der Waals surface area contributed by atoms with Crippen LogP contribution in [0.3, 0.4) is 0 Å². The highest BCUT2D eigenvalue weighted by Crippen LogP contribution is 2.15. The summed E-state index contributed by atoms with van der Waals surface area (Å²) >= 11 is 0. The second-order valence-electron chi connectivity index (χ2n) is 4.51. The highest BCUT2D eigenvalue weighted by molar-refractivity contribution is 7.89. The Hall–Kier alpha value is -0.180. The van der Waals surface area contributed by atoms with Gasteiger partial charge < -0.3 is 0 Å². The van der Waals surface area contributed by atoms with E-state index in [1.165, 1.54) is 4.31 Å². The normalized spacial score (nSPS) is 20.1. The van der Waals surface area contributed by atoms with Gasteiger partial charge in [0.25, 0.3) is 0 Å². The van der Waals surface area contributed by atoms with Gasteiger partial charge in [0.15, 0.2) is 0 Å². The molecular weight excluding hydrogens is 276 g/mol. The van der Waals surface area contributed by atoms with Crippen molar-refractivity contribution in [2.24, 2.45) is 0 Å². The SMILES string of the molecule is CCCS(=O)(=O)NC1CCN(S(=O)(=O)CC)CC1. The number of nitrogens with zero attached hydrogens (tertiary/aromatic N) is 1. The molecule has 1 saturated heterocycles. The van der Waals surface area contributed by atoms with E-state index in [9.17, 15) is 16.8 Å². The van der Waals surface area contributed by atoms with E-state index < -0.39 is 20.0 Å². The average molecular weight is 298 g/mol. The van der Waals surface area contributed by atoms with Crippen molar-refractivity contribution in [2.75, 3.05) is 24.6 Å². The van der Waals surface area contributed by atoms with Crippen LogP contribution in [0.4, 0.5) is 0 Å². The second kappa shape index (κ2) is 6.31. The summed E-state index contributed by atoms with van der Waals surface area (Å²) < 4.78 is 50.5. The minimum absolute atomic E-state index is 0.0965. The van der Waals surface area contributed by atoms with Gasteiger partial charge in [-0.2, -0.15) is 0 Å². The maximum atomic E-state index is 11.6. The van der Waals surface area contributed by atoms with Crippen molar-refractivity contribution in [2.45, 2.75) is 39.2 Å². The van der Waals surface area contributed by atoms with Crippen molar-refractivity contribution in [1.29, 1.82) is 0 Å².